The van der Waals surface area contributed by atoms with E-state index in [1.807, 2.05) is 42.5 Å². The Balaban J connectivity index is 1.60. The zero-order valence-corrected chi connectivity index (χ0v) is 21.9. The van der Waals surface area contributed by atoms with Crippen LogP contribution in [0.4, 0.5) is 5.69 Å². The molecule has 0 aliphatic carbocycles. The normalized spacial score (nSPS) is 12.1. The molecule has 0 saturated heterocycles. The summed E-state index contributed by atoms with van der Waals surface area (Å²) in [6.07, 6.45) is 0.603. The Morgan fingerprint density at radius 1 is 0.944 bits per heavy atom. The van der Waals surface area contributed by atoms with Crippen LogP contribution < -0.4 is 10.2 Å². The lowest BCUT2D eigenvalue weighted by Gasteiger charge is -2.25. The van der Waals surface area contributed by atoms with Crippen molar-refractivity contribution in [1.82, 2.24) is 9.88 Å². The van der Waals surface area contributed by atoms with E-state index in [1.165, 1.54) is 0 Å². The van der Waals surface area contributed by atoms with Crippen LogP contribution in [0.1, 0.15) is 36.7 Å². The standard InChI is InChI=1S/C30H32ClN3O2/c1-20(2)34-21(3)26(25-12-8-9-13-28(25)34)19-29(35)32-27(18-22-10-6-5-7-11-22)30(36)33(4)24-16-14-23(31)15-17-24/h5-17,20,27H,18-19H2,1-4H3,(H,32,35)/t27-/m0/s1. The fourth-order valence-electron chi connectivity index (χ4n) is 4.83. The molecule has 2 amide bonds. The van der Waals surface area contributed by atoms with Crippen molar-refractivity contribution in [2.24, 2.45) is 0 Å². The van der Waals surface area contributed by atoms with Crippen LogP contribution in [0.3, 0.4) is 0 Å². The number of carbonyl (C=O) groups excluding carboxylic acids is 2. The maximum atomic E-state index is 13.6. The number of nitrogens with zero attached hydrogens (tertiary/aromatic N) is 2. The Morgan fingerprint density at radius 2 is 1.58 bits per heavy atom. The summed E-state index contributed by atoms with van der Waals surface area (Å²) < 4.78 is 2.26. The van der Waals surface area contributed by atoms with E-state index >= 15 is 0 Å². The van der Waals surface area contributed by atoms with Crippen molar-refractivity contribution in [3.8, 4) is 0 Å². The van der Waals surface area contributed by atoms with Gasteiger partial charge in [-0.05, 0) is 62.2 Å². The molecular weight excluding hydrogens is 470 g/mol. The van der Waals surface area contributed by atoms with Gasteiger partial charge in [0.2, 0.25) is 11.8 Å². The molecule has 186 valence electrons. The van der Waals surface area contributed by atoms with E-state index in [2.05, 4.69) is 42.8 Å². The van der Waals surface area contributed by atoms with E-state index in [0.29, 0.717) is 17.1 Å². The molecule has 4 aromatic rings. The molecule has 0 fully saturated rings. The number of para-hydroxylation sites is 1. The number of rotatable bonds is 8. The third-order valence-corrected chi connectivity index (χ3v) is 6.85. The molecule has 6 heteroatoms. The Morgan fingerprint density at radius 3 is 2.25 bits per heavy atom. The van der Waals surface area contributed by atoms with Gasteiger partial charge < -0.3 is 14.8 Å². The van der Waals surface area contributed by atoms with Gasteiger partial charge in [0.1, 0.15) is 6.04 Å². The monoisotopic (exact) mass is 501 g/mol. The van der Waals surface area contributed by atoms with Crippen molar-refractivity contribution >= 4 is 40.0 Å². The third kappa shape index (κ3) is 5.47. The Bertz CT molecular complexity index is 1360. The predicted molar refractivity (Wildman–Crippen MR) is 148 cm³/mol. The van der Waals surface area contributed by atoms with Crippen LogP contribution in [0.25, 0.3) is 10.9 Å². The number of anilines is 1. The first-order valence-corrected chi connectivity index (χ1v) is 12.6. The fourth-order valence-corrected chi connectivity index (χ4v) is 4.96. The second-order valence-corrected chi connectivity index (χ2v) is 9.84. The summed E-state index contributed by atoms with van der Waals surface area (Å²) in [5.74, 6) is -0.362. The maximum Gasteiger partial charge on any atom is 0.249 e. The molecule has 0 aliphatic rings. The summed E-state index contributed by atoms with van der Waals surface area (Å²) in [5.41, 5.74) is 4.88. The molecule has 1 aromatic heterocycles. The minimum atomic E-state index is -0.709. The first-order chi connectivity index (χ1) is 17.3. The second kappa shape index (κ2) is 11.0. The first-order valence-electron chi connectivity index (χ1n) is 12.2. The van der Waals surface area contributed by atoms with Crippen LogP contribution in [0, 0.1) is 6.92 Å². The number of halogens is 1. The van der Waals surface area contributed by atoms with Crippen molar-refractivity contribution < 1.29 is 9.59 Å². The number of benzene rings is 3. The van der Waals surface area contributed by atoms with E-state index in [4.69, 9.17) is 11.6 Å². The number of hydrogen-bond acceptors (Lipinski definition) is 2. The summed E-state index contributed by atoms with van der Waals surface area (Å²) in [4.78, 5) is 28.5. The molecule has 0 saturated carbocycles. The van der Waals surface area contributed by atoms with Crippen molar-refractivity contribution in [1.29, 1.82) is 0 Å². The van der Waals surface area contributed by atoms with Crippen molar-refractivity contribution in [3.05, 3.63) is 101 Å². The van der Waals surface area contributed by atoms with Gasteiger partial charge in [-0.3, -0.25) is 9.59 Å². The van der Waals surface area contributed by atoms with Gasteiger partial charge in [0, 0.05) is 46.8 Å². The largest absolute Gasteiger partial charge is 0.344 e. The van der Waals surface area contributed by atoms with Gasteiger partial charge in [-0.2, -0.15) is 0 Å². The average molecular weight is 502 g/mol. The van der Waals surface area contributed by atoms with E-state index in [0.717, 1.165) is 27.7 Å². The highest BCUT2D eigenvalue weighted by Crippen LogP contribution is 2.29. The topological polar surface area (TPSA) is 54.3 Å². The number of carbonyl (C=O) groups is 2. The van der Waals surface area contributed by atoms with Crippen LogP contribution in [0.15, 0.2) is 78.9 Å². The molecule has 0 spiro atoms. The molecule has 0 radical (unpaired) electrons. The van der Waals surface area contributed by atoms with E-state index in [1.54, 1.807) is 36.2 Å². The maximum absolute atomic E-state index is 13.6. The number of likely N-dealkylation sites (N-methyl/N-ethyl adjacent to an activating group) is 1. The van der Waals surface area contributed by atoms with E-state index < -0.39 is 6.04 Å². The van der Waals surface area contributed by atoms with Gasteiger partial charge in [-0.15, -0.1) is 0 Å². The Hall–Kier alpha value is -3.57. The summed E-state index contributed by atoms with van der Waals surface area (Å²) in [5, 5.41) is 4.71. The van der Waals surface area contributed by atoms with Gasteiger partial charge in [-0.25, -0.2) is 0 Å². The molecule has 5 nitrogen and oxygen atoms in total. The van der Waals surface area contributed by atoms with Gasteiger partial charge in [0.05, 0.1) is 6.42 Å². The highest BCUT2D eigenvalue weighted by Gasteiger charge is 2.26. The summed E-state index contributed by atoms with van der Waals surface area (Å²) in [6, 6.07) is 24.6. The number of amides is 2. The lowest BCUT2D eigenvalue weighted by molar-refractivity contribution is -0.127. The molecule has 1 N–H and O–H groups in total. The van der Waals surface area contributed by atoms with Crippen LogP contribution in [0.2, 0.25) is 5.02 Å². The molecule has 3 aromatic carbocycles. The lowest BCUT2D eigenvalue weighted by atomic mass is 10.0. The molecular formula is C30H32ClN3O2. The zero-order valence-electron chi connectivity index (χ0n) is 21.2. The Labute approximate surface area is 217 Å². The lowest BCUT2D eigenvalue weighted by Crippen LogP contribution is -2.49. The summed E-state index contributed by atoms with van der Waals surface area (Å²) in [7, 11) is 1.72. The minimum Gasteiger partial charge on any atom is -0.344 e. The number of nitrogens with one attached hydrogen (secondary N) is 1. The molecule has 4 rings (SSSR count). The summed E-state index contributed by atoms with van der Waals surface area (Å²) >= 11 is 6.02. The van der Waals surface area contributed by atoms with Crippen LogP contribution >= 0.6 is 11.6 Å². The van der Waals surface area contributed by atoms with Crippen molar-refractivity contribution in [2.75, 3.05) is 11.9 Å². The second-order valence-electron chi connectivity index (χ2n) is 9.41. The van der Waals surface area contributed by atoms with Crippen molar-refractivity contribution in [3.63, 3.8) is 0 Å². The minimum absolute atomic E-state index is 0.177. The average Bonchev–Trinajstić information content (AvgIpc) is 3.15. The van der Waals surface area contributed by atoms with Gasteiger partial charge >= 0.3 is 0 Å². The Kier molecular flexibility index (Phi) is 7.80. The number of fused-ring (bicyclic) bond motifs is 1. The van der Waals surface area contributed by atoms with Gasteiger partial charge in [-0.1, -0.05) is 60.1 Å². The highest BCUT2D eigenvalue weighted by atomic mass is 35.5. The highest BCUT2D eigenvalue weighted by molar-refractivity contribution is 6.30. The van der Waals surface area contributed by atoms with Crippen molar-refractivity contribution in [2.45, 2.75) is 45.7 Å². The number of hydrogen-bond donors (Lipinski definition) is 1. The van der Waals surface area contributed by atoms with Gasteiger partial charge in [0.25, 0.3) is 0 Å². The molecule has 0 aliphatic heterocycles. The summed E-state index contributed by atoms with van der Waals surface area (Å²) in [6.45, 7) is 6.35. The quantitative estimate of drug-likeness (QED) is 0.316. The molecule has 1 atom stereocenters. The number of aromatic nitrogens is 1. The predicted octanol–water partition coefficient (Wildman–Crippen LogP) is 6.12. The molecule has 36 heavy (non-hydrogen) atoms. The third-order valence-electron chi connectivity index (χ3n) is 6.60. The van der Waals surface area contributed by atoms with E-state index in [-0.39, 0.29) is 24.3 Å². The van der Waals surface area contributed by atoms with E-state index in [9.17, 15) is 9.59 Å². The molecule has 1 heterocycles. The van der Waals surface area contributed by atoms with Crippen LogP contribution in [0.5, 0.6) is 0 Å². The zero-order chi connectivity index (χ0) is 25.8. The fraction of sp³-hybridized carbons (Fsp3) is 0.267. The van der Waals surface area contributed by atoms with Gasteiger partial charge in [0.15, 0.2) is 0 Å². The molecule has 0 bridgehead atoms. The smallest absolute Gasteiger partial charge is 0.249 e. The molecule has 0 unspecified atom stereocenters. The SMILES string of the molecule is Cc1c(CC(=O)N[C@@H](Cc2ccccc2)C(=O)N(C)c2ccc(Cl)cc2)c2ccccc2n1C(C)C. The van der Waals surface area contributed by atoms with Crippen LogP contribution in [-0.4, -0.2) is 29.5 Å². The van der Waals surface area contributed by atoms with Crippen LogP contribution in [-0.2, 0) is 22.4 Å². The first kappa shape index (κ1) is 25.5.